The van der Waals surface area contributed by atoms with E-state index in [-0.39, 0.29) is 36.1 Å². The van der Waals surface area contributed by atoms with Crippen molar-refractivity contribution in [3.63, 3.8) is 0 Å². The van der Waals surface area contributed by atoms with E-state index in [2.05, 4.69) is 15.6 Å². The number of alkyl halides is 3. The minimum Gasteiger partial charge on any atom is -0.378 e. The average molecular weight is 512 g/mol. The van der Waals surface area contributed by atoms with Crippen molar-refractivity contribution in [2.45, 2.75) is 32.5 Å². The molecular formula is C19H28F3IN4O. The molecule has 2 fully saturated rings. The molecule has 1 aliphatic carbocycles. The Morgan fingerprint density at radius 2 is 1.93 bits per heavy atom. The van der Waals surface area contributed by atoms with Gasteiger partial charge in [0.15, 0.2) is 5.96 Å². The Morgan fingerprint density at radius 3 is 2.54 bits per heavy atom. The number of halogens is 4. The molecule has 2 N–H and O–H groups in total. The Balaban J connectivity index is 0.00000280. The summed E-state index contributed by atoms with van der Waals surface area (Å²) < 4.78 is 46.1. The summed E-state index contributed by atoms with van der Waals surface area (Å²) in [6, 6.07) is 4.53. The highest BCUT2D eigenvalue weighted by atomic mass is 127. The van der Waals surface area contributed by atoms with Crippen molar-refractivity contribution >= 4 is 35.6 Å². The summed E-state index contributed by atoms with van der Waals surface area (Å²) in [6.45, 7) is 5.67. The lowest BCUT2D eigenvalue weighted by Crippen LogP contribution is -2.38. The van der Waals surface area contributed by atoms with Gasteiger partial charge in [-0.2, -0.15) is 13.2 Å². The molecule has 1 aromatic rings. The number of morpholine rings is 1. The SMILES string of the molecule is CCNC(=NCc1ccc(N2CCOCC2)cc1C(F)(F)F)NCC1CC1.I. The molecule has 1 aromatic carbocycles. The summed E-state index contributed by atoms with van der Waals surface area (Å²) in [5.41, 5.74) is 0.147. The largest absolute Gasteiger partial charge is 0.416 e. The van der Waals surface area contributed by atoms with E-state index < -0.39 is 11.7 Å². The molecule has 1 heterocycles. The first kappa shape index (κ1) is 23.1. The van der Waals surface area contributed by atoms with Crippen LogP contribution in [0.2, 0.25) is 0 Å². The molecule has 1 saturated carbocycles. The van der Waals surface area contributed by atoms with Crippen LogP contribution in [0.25, 0.3) is 0 Å². The molecule has 3 rings (SSSR count). The van der Waals surface area contributed by atoms with Gasteiger partial charge in [-0.3, -0.25) is 0 Å². The van der Waals surface area contributed by atoms with E-state index in [1.165, 1.54) is 18.9 Å². The zero-order chi connectivity index (χ0) is 19.3. The lowest BCUT2D eigenvalue weighted by Gasteiger charge is -2.29. The van der Waals surface area contributed by atoms with Crippen LogP contribution in [0.15, 0.2) is 23.2 Å². The second-order valence-corrected chi connectivity index (χ2v) is 6.96. The average Bonchev–Trinajstić information content (AvgIpc) is 3.48. The third kappa shape index (κ3) is 6.68. The number of guanidine groups is 1. The fourth-order valence-corrected chi connectivity index (χ4v) is 3.05. The lowest BCUT2D eigenvalue weighted by molar-refractivity contribution is -0.138. The molecule has 0 unspecified atom stereocenters. The zero-order valence-electron chi connectivity index (χ0n) is 16.0. The number of rotatable bonds is 6. The minimum atomic E-state index is -4.41. The first-order valence-electron chi connectivity index (χ1n) is 9.52. The van der Waals surface area contributed by atoms with Crippen LogP contribution < -0.4 is 15.5 Å². The summed E-state index contributed by atoms with van der Waals surface area (Å²) in [7, 11) is 0. The number of nitrogens with one attached hydrogen (secondary N) is 2. The molecule has 1 aliphatic heterocycles. The second kappa shape index (κ2) is 10.5. The van der Waals surface area contributed by atoms with Crippen molar-refractivity contribution in [3.8, 4) is 0 Å². The molecule has 5 nitrogen and oxygen atoms in total. The smallest absolute Gasteiger partial charge is 0.378 e. The summed E-state index contributed by atoms with van der Waals surface area (Å²) >= 11 is 0. The molecule has 0 amide bonds. The Labute approximate surface area is 181 Å². The molecular weight excluding hydrogens is 484 g/mol. The highest BCUT2D eigenvalue weighted by Crippen LogP contribution is 2.35. The predicted octanol–water partition coefficient (Wildman–Crippen LogP) is 3.63. The third-order valence-electron chi connectivity index (χ3n) is 4.78. The van der Waals surface area contributed by atoms with Crippen molar-refractivity contribution in [2.75, 3.05) is 44.3 Å². The summed E-state index contributed by atoms with van der Waals surface area (Å²) in [5, 5.41) is 6.30. The third-order valence-corrected chi connectivity index (χ3v) is 4.78. The molecule has 0 spiro atoms. The van der Waals surface area contributed by atoms with Crippen molar-refractivity contribution < 1.29 is 17.9 Å². The fraction of sp³-hybridized carbons (Fsp3) is 0.632. The van der Waals surface area contributed by atoms with E-state index in [9.17, 15) is 13.2 Å². The van der Waals surface area contributed by atoms with E-state index in [0.29, 0.717) is 50.4 Å². The molecule has 0 bridgehead atoms. The Kier molecular flexibility index (Phi) is 8.66. The first-order chi connectivity index (χ1) is 13.0. The number of anilines is 1. The summed E-state index contributed by atoms with van der Waals surface area (Å²) in [4.78, 5) is 6.28. The van der Waals surface area contributed by atoms with Gasteiger partial charge in [0.2, 0.25) is 0 Å². The first-order valence-corrected chi connectivity index (χ1v) is 9.52. The van der Waals surface area contributed by atoms with Gasteiger partial charge in [0.05, 0.1) is 25.3 Å². The molecule has 2 aliphatic rings. The molecule has 0 aromatic heterocycles. The van der Waals surface area contributed by atoms with Gasteiger partial charge in [-0.15, -0.1) is 24.0 Å². The van der Waals surface area contributed by atoms with Crippen molar-refractivity contribution in [1.82, 2.24) is 10.6 Å². The van der Waals surface area contributed by atoms with Gasteiger partial charge in [0.1, 0.15) is 0 Å². The Morgan fingerprint density at radius 1 is 1.21 bits per heavy atom. The maximum Gasteiger partial charge on any atom is 0.416 e. The van der Waals surface area contributed by atoms with Crippen molar-refractivity contribution in [1.29, 1.82) is 0 Å². The molecule has 1 saturated heterocycles. The molecule has 28 heavy (non-hydrogen) atoms. The van der Waals surface area contributed by atoms with E-state index in [0.717, 1.165) is 6.54 Å². The van der Waals surface area contributed by atoms with Gasteiger partial charge in [0, 0.05) is 31.9 Å². The van der Waals surface area contributed by atoms with Gasteiger partial charge < -0.3 is 20.3 Å². The minimum absolute atomic E-state index is 0. The lowest BCUT2D eigenvalue weighted by atomic mass is 10.1. The van der Waals surface area contributed by atoms with E-state index >= 15 is 0 Å². The molecule has 0 atom stereocenters. The number of ether oxygens (including phenoxy) is 1. The maximum absolute atomic E-state index is 13.6. The van der Waals surface area contributed by atoms with Crippen LogP contribution in [-0.2, 0) is 17.5 Å². The monoisotopic (exact) mass is 512 g/mol. The second-order valence-electron chi connectivity index (χ2n) is 6.96. The van der Waals surface area contributed by atoms with Gasteiger partial charge >= 0.3 is 6.18 Å². The van der Waals surface area contributed by atoms with Crippen molar-refractivity contribution in [2.24, 2.45) is 10.9 Å². The molecule has 0 radical (unpaired) electrons. The number of hydrogen-bond donors (Lipinski definition) is 2. The highest BCUT2D eigenvalue weighted by Gasteiger charge is 2.34. The fourth-order valence-electron chi connectivity index (χ4n) is 3.05. The van der Waals surface area contributed by atoms with E-state index in [1.54, 1.807) is 12.1 Å². The van der Waals surface area contributed by atoms with Crippen molar-refractivity contribution in [3.05, 3.63) is 29.3 Å². The van der Waals surface area contributed by atoms with Crippen LogP contribution in [0.3, 0.4) is 0 Å². The molecule has 158 valence electrons. The quantitative estimate of drug-likeness (QED) is 0.348. The number of hydrogen-bond acceptors (Lipinski definition) is 3. The van der Waals surface area contributed by atoms with Crippen LogP contribution in [-0.4, -0.2) is 45.4 Å². The predicted molar refractivity (Wildman–Crippen MR) is 115 cm³/mol. The van der Waals surface area contributed by atoms with Gasteiger partial charge in [-0.05, 0) is 43.4 Å². The van der Waals surface area contributed by atoms with Gasteiger partial charge in [-0.1, -0.05) is 6.07 Å². The van der Waals surface area contributed by atoms with Crippen LogP contribution in [0, 0.1) is 5.92 Å². The number of benzene rings is 1. The van der Waals surface area contributed by atoms with Gasteiger partial charge in [0.25, 0.3) is 0 Å². The van der Waals surface area contributed by atoms with Crippen LogP contribution in [0.4, 0.5) is 18.9 Å². The summed E-state index contributed by atoms with van der Waals surface area (Å²) in [6.07, 6.45) is -2.01. The van der Waals surface area contributed by atoms with Crippen LogP contribution >= 0.6 is 24.0 Å². The Hall–Kier alpha value is -1.23. The summed E-state index contributed by atoms with van der Waals surface area (Å²) in [5.74, 6) is 1.22. The Bertz CT molecular complexity index is 659. The standard InChI is InChI=1S/C19H27F3N4O.HI/c1-2-23-18(24-12-14-3-4-14)25-13-15-5-6-16(11-17(15)19(20,21)22)26-7-9-27-10-8-26;/h5-6,11,14H,2-4,7-10,12-13H2,1H3,(H2,23,24,25);1H. The zero-order valence-corrected chi connectivity index (χ0v) is 18.3. The molecule has 9 heteroatoms. The van der Waals surface area contributed by atoms with Crippen LogP contribution in [0.1, 0.15) is 30.9 Å². The number of aliphatic imine (C=N–C) groups is 1. The van der Waals surface area contributed by atoms with E-state index in [1.807, 2.05) is 11.8 Å². The van der Waals surface area contributed by atoms with E-state index in [4.69, 9.17) is 4.74 Å². The number of nitrogens with zero attached hydrogens (tertiary/aromatic N) is 2. The van der Waals surface area contributed by atoms with Gasteiger partial charge in [-0.25, -0.2) is 4.99 Å². The normalized spacial score (nSPS) is 17.9. The highest BCUT2D eigenvalue weighted by molar-refractivity contribution is 14.0. The van der Waals surface area contributed by atoms with Crippen LogP contribution in [0.5, 0.6) is 0 Å². The topological polar surface area (TPSA) is 48.9 Å². The maximum atomic E-state index is 13.6.